The number of hydrogen-bond acceptors (Lipinski definition) is 6. The maximum absolute atomic E-state index is 14.2. The lowest BCUT2D eigenvalue weighted by atomic mass is 9.75. The number of nitrogens with zero attached hydrogens (tertiary/aromatic N) is 3. The Balaban J connectivity index is 1.55. The van der Waals surface area contributed by atoms with Crippen molar-refractivity contribution in [2.24, 2.45) is 11.8 Å². The van der Waals surface area contributed by atoms with Crippen LogP contribution in [0.3, 0.4) is 0 Å². The first-order valence-corrected chi connectivity index (χ1v) is 11.8. The smallest absolute Gasteiger partial charge is 0.253 e. The summed E-state index contributed by atoms with van der Waals surface area (Å²) in [5.41, 5.74) is 0.908. The first-order valence-electron chi connectivity index (χ1n) is 11.8. The summed E-state index contributed by atoms with van der Waals surface area (Å²) in [7, 11) is 3.05. The third kappa shape index (κ3) is 2.34. The first-order chi connectivity index (χ1) is 16.5. The van der Waals surface area contributed by atoms with Gasteiger partial charge >= 0.3 is 0 Å². The number of anilines is 2. The van der Waals surface area contributed by atoms with Crippen molar-refractivity contribution in [3.05, 3.63) is 48.0 Å². The highest BCUT2D eigenvalue weighted by Crippen LogP contribution is 2.62. The minimum Gasteiger partial charge on any atom is -0.497 e. The summed E-state index contributed by atoms with van der Waals surface area (Å²) in [5, 5.41) is 0. The van der Waals surface area contributed by atoms with Crippen molar-refractivity contribution in [3.63, 3.8) is 0 Å². The molecule has 0 unspecified atom stereocenters. The van der Waals surface area contributed by atoms with Gasteiger partial charge in [0.05, 0.1) is 31.7 Å². The average Bonchev–Trinajstić information content (AvgIpc) is 3.56. The fourth-order valence-corrected chi connectivity index (χ4v) is 6.86. The molecule has 3 saturated heterocycles. The zero-order valence-electron chi connectivity index (χ0n) is 19.5. The van der Waals surface area contributed by atoms with Crippen LogP contribution in [-0.4, -0.2) is 56.0 Å². The Morgan fingerprint density at radius 2 is 1.79 bits per heavy atom. The van der Waals surface area contributed by atoms with Crippen molar-refractivity contribution in [2.75, 3.05) is 37.1 Å². The number of likely N-dealkylation sites (N-methyl/N-ethyl adjacent to an activating group) is 1. The number of hydrogen-bond donors (Lipinski definition) is 0. The van der Waals surface area contributed by atoms with E-state index in [2.05, 4.69) is 4.90 Å². The molecule has 3 amide bonds. The molecule has 176 valence electrons. The van der Waals surface area contributed by atoms with Gasteiger partial charge in [-0.15, -0.1) is 0 Å². The van der Waals surface area contributed by atoms with Gasteiger partial charge in [0.25, 0.3) is 5.91 Å². The van der Waals surface area contributed by atoms with Crippen molar-refractivity contribution >= 4 is 29.1 Å². The summed E-state index contributed by atoms with van der Waals surface area (Å²) in [4.78, 5) is 47.5. The molecule has 3 fully saturated rings. The van der Waals surface area contributed by atoms with Crippen LogP contribution < -0.4 is 19.3 Å². The summed E-state index contributed by atoms with van der Waals surface area (Å²) in [6, 6.07) is 12.6. The van der Waals surface area contributed by atoms with Gasteiger partial charge in [-0.2, -0.15) is 0 Å². The Morgan fingerprint density at radius 1 is 1.00 bits per heavy atom. The SMILES string of the molecule is CCN1C(=O)[C@@]2(c3ccccc31)[C@@H]1C(=O)N(c3ccc(OC)cc3OC)C(=O)[C@@H]1[C@@H]1CCCN12. The highest BCUT2D eigenvalue weighted by Gasteiger charge is 2.75. The Labute approximate surface area is 198 Å². The second-order valence-electron chi connectivity index (χ2n) is 9.29. The molecule has 2 aromatic carbocycles. The van der Waals surface area contributed by atoms with Gasteiger partial charge in [0.2, 0.25) is 11.8 Å². The van der Waals surface area contributed by atoms with Crippen molar-refractivity contribution in [1.29, 1.82) is 0 Å². The second kappa shape index (κ2) is 7.30. The molecule has 2 aromatic rings. The molecule has 4 heterocycles. The van der Waals surface area contributed by atoms with Gasteiger partial charge in [0.1, 0.15) is 17.0 Å². The quantitative estimate of drug-likeness (QED) is 0.652. The molecule has 8 nitrogen and oxygen atoms in total. The highest BCUT2D eigenvalue weighted by atomic mass is 16.5. The molecule has 34 heavy (non-hydrogen) atoms. The number of para-hydroxylation sites is 1. The minimum absolute atomic E-state index is 0.0969. The monoisotopic (exact) mass is 461 g/mol. The number of rotatable bonds is 4. The number of carbonyl (C=O) groups excluding carboxylic acids is 3. The zero-order valence-corrected chi connectivity index (χ0v) is 19.5. The number of carbonyl (C=O) groups is 3. The predicted octanol–water partition coefficient (Wildman–Crippen LogP) is 2.55. The Kier molecular flexibility index (Phi) is 4.55. The lowest BCUT2D eigenvalue weighted by molar-refractivity contribution is -0.137. The molecule has 4 atom stereocenters. The summed E-state index contributed by atoms with van der Waals surface area (Å²) in [6.07, 6.45) is 1.68. The highest BCUT2D eigenvalue weighted by molar-refractivity contribution is 6.26. The minimum atomic E-state index is -1.15. The molecule has 0 radical (unpaired) electrons. The Morgan fingerprint density at radius 3 is 2.53 bits per heavy atom. The molecule has 0 saturated carbocycles. The van der Waals surface area contributed by atoms with Gasteiger partial charge < -0.3 is 14.4 Å². The molecule has 4 aliphatic rings. The van der Waals surface area contributed by atoms with Gasteiger partial charge in [0.15, 0.2) is 0 Å². The van der Waals surface area contributed by atoms with E-state index >= 15 is 0 Å². The largest absolute Gasteiger partial charge is 0.497 e. The fourth-order valence-electron chi connectivity index (χ4n) is 6.86. The summed E-state index contributed by atoms with van der Waals surface area (Å²) < 4.78 is 10.8. The lowest BCUT2D eigenvalue weighted by Crippen LogP contribution is -2.56. The van der Waals surface area contributed by atoms with Crippen LogP contribution in [0.2, 0.25) is 0 Å². The van der Waals surface area contributed by atoms with Crippen molar-refractivity contribution in [1.82, 2.24) is 4.90 Å². The van der Waals surface area contributed by atoms with E-state index in [1.54, 1.807) is 30.2 Å². The summed E-state index contributed by atoms with van der Waals surface area (Å²) in [6.45, 7) is 3.14. The van der Waals surface area contributed by atoms with Crippen LogP contribution in [0.15, 0.2) is 42.5 Å². The Hall–Kier alpha value is -3.39. The Bertz CT molecular complexity index is 1230. The van der Waals surface area contributed by atoms with E-state index in [4.69, 9.17) is 9.47 Å². The molecule has 6 rings (SSSR count). The van der Waals surface area contributed by atoms with E-state index in [1.807, 2.05) is 31.2 Å². The zero-order chi connectivity index (χ0) is 23.8. The summed E-state index contributed by atoms with van der Waals surface area (Å²) >= 11 is 0. The normalized spacial score (nSPS) is 29.7. The van der Waals surface area contributed by atoms with Gasteiger partial charge in [-0.25, -0.2) is 4.90 Å². The van der Waals surface area contributed by atoms with Crippen LogP contribution >= 0.6 is 0 Å². The van der Waals surface area contributed by atoms with Crippen LogP contribution in [0.4, 0.5) is 11.4 Å². The molecule has 0 aromatic heterocycles. The standard InChI is InChI=1S/C26H27N3O5/c1-4-27-17-9-6-5-8-16(17)26(25(27)32)22-21(19-10-7-13-28(19)26)23(30)29(24(22)31)18-12-11-15(33-2)14-20(18)34-3/h5-6,8-9,11-12,14,19,21-22H,4,7,10,13H2,1-3H3/t19-,21+,22-,26+/m0/s1. The van der Waals surface area contributed by atoms with Gasteiger partial charge in [0, 0.05) is 29.9 Å². The fraction of sp³-hybridized carbons (Fsp3) is 0.423. The van der Waals surface area contributed by atoms with E-state index in [1.165, 1.54) is 12.0 Å². The molecule has 1 spiro atoms. The number of ether oxygens (including phenoxy) is 2. The van der Waals surface area contributed by atoms with E-state index in [0.717, 1.165) is 24.1 Å². The predicted molar refractivity (Wildman–Crippen MR) is 125 cm³/mol. The molecule has 8 heteroatoms. The van der Waals surface area contributed by atoms with E-state index in [9.17, 15) is 14.4 Å². The van der Waals surface area contributed by atoms with Crippen molar-refractivity contribution < 1.29 is 23.9 Å². The number of imide groups is 1. The van der Waals surface area contributed by atoms with Crippen molar-refractivity contribution in [2.45, 2.75) is 31.3 Å². The average molecular weight is 462 g/mol. The molecular weight excluding hydrogens is 434 g/mol. The third-order valence-corrected chi connectivity index (χ3v) is 8.09. The topological polar surface area (TPSA) is 79.4 Å². The molecule has 0 bridgehead atoms. The number of amides is 3. The number of fused-ring (bicyclic) bond motifs is 7. The van der Waals surface area contributed by atoms with Crippen LogP contribution in [0.5, 0.6) is 11.5 Å². The van der Waals surface area contributed by atoms with Gasteiger partial charge in [-0.05, 0) is 44.5 Å². The van der Waals surface area contributed by atoms with Gasteiger partial charge in [-0.3, -0.25) is 19.3 Å². The van der Waals surface area contributed by atoms with Crippen LogP contribution in [0, 0.1) is 11.8 Å². The van der Waals surface area contributed by atoms with Crippen LogP contribution in [0.1, 0.15) is 25.3 Å². The molecular formula is C26H27N3O5. The lowest BCUT2D eigenvalue weighted by Gasteiger charge is -2.37. The van der Waals surface area contributed by atoms with Gasteiger partial charge in [-0.1, -0.05) is 18.2 Å². The summed E-state index contributed by atoms with van der Waals surface area (Å²) in [5.74, 6) is -1.09. The first kappa shape index (κ1) is 21.2. The number of benzene rings is 2. The molecule has 4 aliphatic heterocycles. The molecule has 0 aliphatic carbocycles. The molecule has 0 N–H and O–H groups in total. The maximum Gasteiger partial charge on any atom is 0.253 e. The maximum atomic E-state index is 14.2. The second-order valence-corrected chi connectivity index (χ2v) is 9.29. The third-order valence-electron chi connectivity index (χ3n) is 8.09. The number of methoxy groups -OCH3 is 2. The van der Waals surface area contributed by atoms with Crippen LogP contribution in [0.25, 0.3) is 0 Å². The van der Waals surface area contributed by atoms with E-state index in [0.29, 0.717) is 30.3 Å². The van der Waals surface area contributed by atoms with E-state index < -0.39 is 17.4 Å². The van der Waals surface area contributed by atoms with Crippen LogP contribution in [-0.2, 0) is 19.9 Å². The van der Waals surface area contributed by atoms with E-state index in [-0.39, 0.29) is 23.8 Å². The van der Waals surface area contributed by atoms with Crippen molar-refractivity contribution in [3.8, 4) is 11.5 Å².